The summed E-state index contributed by atoms with van der Waals surface area (Å²) < 4.78 is 1.66. The van der Waals surface area contributed by atoms with Gasteiger partial charge >= 0.3 is 0 Å². The molecule has 0 aliphatic carbocycles. The first kappa shape index (κ1) is 9.17. The SMILES string of the molecule is CSc1nc(Br)c2sc(N)nc2n1. The van der Waals surface area contributed by atoms with Crippen molar-refractivity contribution in [3.8, 4) is 0 Å². The summed E-state index contributed by atoms with van der Waals surface area (Å²) in [6, 6.07) is 0. The van der Waals surface area contributed by atoms with Crippen LogP contribution in [0.5, 0.6) is 0 Å². The Morgan fingerprint density at radius 3 is 2.85 bits per heavy atom. The third kappa shape index (κ3) is 1.63. The highest BCUT2D eigenvalue weighted by molar-refractivity contribution is 9.10. The lowest BCUT2D eigenvalue weighted by molar-refractivity contribution is 0.982. The zero-order valence-corrected chi connectivity index (χ0v) is 9.83. The number of nitrogens with two attached hydrogens (primary N) is 1. The van der Waals surface area contributed by atoms with Crippen molar-refractivity contribution in [3.63, 3.8) is 0 Å². The van der Waals surface area contributed by atoms with Crippen LogP contribution in [-0.4, -0.2) is 21.2 Å². The molecule has 4 nitrogen and oxygen atoms in total. The lowest BCUT2D eigenvalue weighted by Crippen LogP contribution is -1.87. The maximum Gasteiger partial charge on any atom is 0.190 e. The Morgan fingerprint density at radius 2 is 2.15 bits per heavy atom. The molecule has 0 saturated heterocycles. The van der Waals surface area contributed by atoms with Crippen molar-refractivity contribution in [3.05, 3.63) is 4.60 Å². The number of halogens is 1. The average molecular weight is 277 g/mol. The van der Waals surface area contributed by atoms with Gasteiger partial charge in [-0.15, -0.1) is 0 Å². The van der Waals surface area contributed by atoms with E-state index in [4.69, 9.17) is 5.73 Å². The molecule has 0 bridgehead atoms. The van der Waals surface area contributed by atoms with Gasteiger partial charge in [0.05, 0.1) is 0 Å². The van der Waals surface area contributed by atoms with E-state index in [9.17, 15) is 0 Å². The van der Waals surface area contributed by atoms with E-state index >= 15 is 0 Å². The maximum atomic E-state index is 5.56. The van der Waals surface area contributed by atoms with Gasteiger partial charge in [0.15, 0.2) is 15.9 Å². The second kappa shape index (κ2) is 3.39. The highest BCUT2D eigenvalue weighted by Crippen LogP contribution is 2.29. The Labute approximate surface area is 91.1 Å². The molecule has 0 saturated carbocycles. The smallest absolute Gasteiger partial charge is 0.190 e. The van der Waals surface area contributed by atoms with Crippen molar-refractivity contribution in [2.75, 3.05) is 12.0 Å². The van der Waals surface area contributed by atoms with Gasteiger partial charge in [0.1, 0.15) is 9.30 Å². The van der Waals surface area contributed by atoms with Crippen molar-refractivity contribution in [1.29, 1.82) is 0 Å². The van der Waals surface area contributed by atoms with Gasteiger partial charge < -0.3 is 5.73 Å². The molecular weight excluding hydrogens is 272 g/mol. The topological polar surface area (TPSA) is 64.7 Å². The molecule has 2 N–H and O–H groups in total. The predicted molar refractivity (Wildman–Crippen MR) is 59.1 cm³/mol. The quantitative estimate of drug-likeness (QED) is 0.491. The number of anilines is 1. The van der Waals surface area contributed by atoms with Crippen molar-refractivity contribution in [1.82, 2.24) is 15.0 Å². The van der Waals surface area contributed by atoms with Crippen LogP contribution >= 0.6 is 39.0 Å². The third-order valence-corrected chi connectivity index (χ3v) is 3.66. The number of rotatable bonds is 1. The van der Waals surface area contributed by atoms with E-state index in [1.54, 1.807) is 0 Å². The normalized spacial score (nSPS) is 10.9. The molecule has 68 valence electrons. The molecule has 7 heteroatoms. The Hall–Kier alpha value is -0.400. The molecular formula is C6H5BrN4S2. The van der Waals surface area contributed by atoms with Crippen LogP contribution in [0.15, 0.2) is 9.76 Å². The van der Waals surface area contributed by atoms with Crippen LogP contribution in [0.25, 0.3) is 10.3 Å². The number of thiazole rings is 1. The van der Waals surface area contributed by atoms with Gasteiger partial charge in [-0.05, 0) is 22.2 Å². The fourth-order valence-electron chi connectivity index (χ4n) is 0.880. The Balaban J connectivity index is 2.75. The maximum absolute atomic E-state index is 5.56. The molecule has 0 aromatic carbocycles. The third-order valence-electron chi connectivity index (χ3n) is 1.39. The van der Waals surface area contributed by atoms with Crippen LogP contribution < -0.4 is 5.73 Å². The van der Waals surface area contributed by atoms with Gasteiger partial charge in [0, 0.05) is 0 Å². The van der Waals surface area contributed by atoms with Gasteiger partial charge in [-0.2, -0.15) is 0 Å². The van der Waals surface area contributed by atoms with E-state index in [-0.39, 0.29) is 0 Å². The minimum atomic E-state index is 0.517. The van der Waals surface area contributed by atoms with E-state index in [0.717, 1.165) is 9.30 Å². The van der Waals surface area contributed by atoms with E-state index in [1.165, 1.54) is 23.1 Å². The number of nitrogens with zero attached hydrogens (tertiary/aromatic N) is 3. The summed E-state index contributed by atoms with van der Waals surface area (Å²) in [5, 5.41) is 1.22. The summed E-state index contributed by atoms with van der Waals surface area (Å²) >= 11 is 6.21. The number of thioether (sulfide) groups is 1. The standard InChI is InChI=1S/C6H5BrN4S2/c1-12-6-9-3(7)2-4(11-6)10-5(8)13-2/h1H3,(H2,8,9,10,11). The van der Waals surface area contributed by atoms with Crippen molar-refractivity contribution in [2.24, 2.45) is 0 Å². The highest BCUT2D eigenvalue weighted by atomic mass is 79.9. The van der Waals surface area contributed by atoms with Crippen LogP contribution in [0.2, 0.25) is 0 Å². The Kier molecular flexibility index (Phi) is 2.39. The van der Waals surface area contributed by atoms with Gasteiger partial charge in [-0.25, -0.2) is 15.0 Å². The van der Waals surface area contributed by atoms with Crippen LogP contribution in [-0.2, 0) is 0 Å². The van der Waals surface area contributed by atoms with Crippen LogP contribution in [0.3, 0.4) is 0 Å². The summed E-state index contributed by atoms with van der Waals surface area (Å²) in [4.78, 5) is 12.5. The fourth-order valence-corrected chi connectivity index (χ4v) is 2.60. The number of aromatic nitrogens is 3. The molecule has 13 heavy (non-hydrogen) atoms. The summed E-state index contributed by atoms with van der Waals surface area (Å²) in [6.45, 7) is 0. The first-order valence-electron chi connectivity index (χ1n) is 3.34. The van der Waals surface area contributed by atoms with E-state index in [0.29, 0.717) is 15.9 Å². The molecule has 2 aromatic heterocycles. The van der Waals surface area contributed by atoms with Gasteiger partial charge in [0.2, 0.25) is 0 Å². The minimum absolute atomic E-state index is 0.517. The van der Waals surface area contributed by atoms with Crippen molar-refractivity contribution >= 4 is 54.5 Å². The lowest BCUT2D eigenvalue weighted by atomic mass is 10.6. The van der Waals surface area contributed by atoms with Crippen molar-refractivity contribution in [2.45, 2.75) is 5.16 Å². The molecule has 2 rings (SSSR count). The number of nitrogen functional groups attached to an aromatic ring is 1. The van der Waals surface area contributed by atoms with Crippen LogP contribution in [0.4, 0.5) is 5.13 Å². The number of hydrogen-bond donors (Lipinski definition) is 1. The largest absolute Gasteiger partial charge is 0.375 e. The minimum Gasteiger partial charge on any atom is -0.375 e. The molecule has 0 atom stereocenters. The van der Waals surface area contributed by atoms with E-state index in [1.807, 2.05) is 6.26 Å². The molecule has 0 aliphatic heterocycles. The predicted octanol–water partition coefficient (Wildman–Crippen LogP) is 2.15. The Morgan fingerprint density at radius 1 is 1.38 bits per heavy atom. The summed E-state index contributed by atoms with van der Waals surface area (Å²) in [5.41, 5.74) is 6.22. The monoisotopic (exact) mass is 276 g/mol. The molecule has 0 fully saturated rings. The highest BCUT2D eigenvalue weighted by Gasteiger charge is 2.09. The zero-order valence-electron chi connectivity index (χ0n) is 6.61. The van der Waals surface area contributed by atoms with Crippen LogP contribution in [0.1, 0.15) is 0 Å². The van der Waals surface area contributed by atoms with Crippen molar-refractivity contribution < 1.29 is 0 Å². The number of fused-ring (bicyclic) bond motifs is 1. The second-order valence-electron chi connectivity index (χ2n) is 2.21. The van der Waals surface area contributed by atoms with E-state index < -0.39 is 0 Å². The first-order chi connectivity index (χ1) is 6.20. The summed E-state index contributed by atoms with van der Waals surface area (Å²) in [7, 11) is 0. The fraction of sp³-hybridized carbons (Fsp3) is 0.167. The summed E-state index contributed by atoms with van der Waals surface area (Å²) in [6.07, 6.45) is 1.92. The first-order valence-corrected chi connectivity index (χ1v) is 6.17. The molecule has 2 heterocycles. The summed E-state index contributed by atoms with van der Waals surface area (Å²) in [5.74, 6) is 0. The van der Waals surface area contributed by atoms with E-state index in [2.05, 4.69) is 30.9 Å². The molecule has 0 aliphatic rings. The van der Waals surface area contributed by atoms with Gasteiger partial charge in [0.25, 0.3) is 0 Å². The second-order valence-corrected chi connectivity index (χ2v) is 4.76. The molecule has 2 aromatic rings. The zero-order chi connectivity index (χ0) is 9.42. The molecule has 0 spiro atoms. The lowest BCUT2D eigenvalue weighted by Gasteiger charge is -1.95. The molecule has 0 radical (unpaired) electrons. The Bertz CT molecular complexity index is 455. The van der Waals surface area contributed by atoms with Crippen LogP contribution in [0, 0.1) is 0 Å². The average Bonchev–Trinajstić information content (AvgIpc) is 2.46. The molecule has 0 unspecified atom stereocenters. The molecule has 0 amide bonds. The number of hydrogen-bond acceptors (Lipinski definition) is 6. The van der Waals surface area contributed by atoms with Gasteiger partial charge in [-0.3, -0.25) is 0 Å². The van der Waals surface area contributed by atoms with Gasteiger partial charge in [-0.1, -0.05) is 23.1 Å².